The van der Waals surface area contributed by atoms with Crippen molar-refractivity contribution in [3.8, 4) is 11.5 Å². The van der Waals surface area contributed by atoms with E-state index < -0.39 is 16.0 Å². The number of sulfonamides is 1. The summed E-state index contributed by atoms with van der Waals surface area (Å²) >= 11 is 0. The molecule has 1 N–H and O–H groups in total. The zero-order valence-corrected chi connectivity index (χ0v) is 16.6. The summed E-state index contributed by atoms with van der Waals surface area (Å²) in [7, 11) is -2.53. The molecule has 2 aromatic rings. The van der Waals surface area contributed by atoms with E-state index in [1.807, 2.05) is 0 Å². The van der Waals surface area contributed by atoms with Crippen LogP contribution in [-0.2, 0) is 14.8 Å². The predicted octanol–water partition coefficient (Wildman–Crippen LogP) is 3.38. The van der Waals surface area contributed by atoms with Crippen molar-refractivity contribution in [1.82, 2.24) is 0 Å². The highest BCUT2D eigenvalue weighted by Crippen LogP contribution is 2.31. The molecule has 146 valence electrons. The Kier molecular flexibility index (Phi) is 6.68. The average Bonchev–Trinajstić information content (AvgIpc) is 2.63. The number of hydrogen-bond acceptors (Lipinski definition) is 6. The molecule has 0 spiro atoms. The van der Waals surface area contributed by atoms with Crippen molar-refractivity contribution in [2.75, 3.05) is 25.0 Å². The third-order valence-electron chi connectivity index (χ3n) is 3.65. The van der Waals surface area contributed by atoms with Gasteiger partial charge in [-0.05, 0) is 56.7 Å². The summed E-state index contributed by atoms with van der Waals surface area (Å²) < 4.78 is 43.9. The Morgan fingerprint density at radius 1 is 1.04 bits per heavy atom. The van der Waals surface area contributed by atoms with Crippen LogP contribution in [-0.4, -0.2) is 34.7 Å². The van der Waals surface area contributed by atoms with Crippen LogP contribution in [0.1, 0.15) is 29.8 Å². The molecule has 27 heavy (non-hydrogen) atoms. The van der Waals surface area contributed by atoms with Gasteiger partial charge in [-0.15, -0.1) is 0 Å². The van der Waals surface area contributed by atoms with Crippen molar-refractivity contribution >= 4 is 21.7 Å². The van der Waals surface area contributed by atoms with Crippen molar-refractivity contribution in [2.45, 2.75) is 25.7 Å². The molecule has 2 rings (SSSR count). The molecule has 0 heterocycles. The van der Waals surface area contributed by atoms with E-state index in [1.165, 1.54) is 31.4 Å². The SMILES string of the molecule is CCOC(=O)c1ccc(NS(=O)(=O)c2cc(C)ccc2OC)c(OCC)c1. The first-order valence-electron chi connectivity index (χ1n) is 8.43. The van der Waals surface area contributed by atoms with Crippen LogP contribution in [0.15, 0.2) is 41.3 Å². The fraction of sp³-hybridized carbons (Fsp3) is 0.316. The largest absolute Gasteiger partial charge is 0.495 e. The highest BCUT2D eigenvalue weighted by atomic mass is 32.2. The van der Waals surface area contributed by atoms with Crippen LogP contribution in [0.3, 0.4) is 0 Å². The van der Waals surface area contributed by atoms with Gasteiger partial charge < -0.3 is 14.2 Å². The van der Waals surface area contributed by atoms with Crippen molar-refractivity contribution in [3.63, 3.8) is 0 Å². The first kappa shape index (κ1) is 20.6. The molecular formula is C19H23NO6S. The van der Waals surface area contributed by atoms with Crippen molar-refractivity contribution < 1.29 is 27.4 Å². The molecule has 0 aliphatic carbocycles. The molecule has 0 unspecified atom stereocenters. The van der Waals surface area contributed by atoms with Gasteiger partial charge in [0.2, 0.25) is 0 Å². The first-order chi connectivity index (χ1) is 12.8. The number of benzene rings is 2. The Morgan fingerprint density at radius 2 is 1.78 bits per heavy atom. The molecule has 0 aliphatic heterocycles. The lowest BCUT2D eigenvalue weighted by Crippen LogP contribution is -2.15. The summed E-state index contributed by atoms with van der Waals surface area (Å²) in [4.78, 5) is 11.9. The van der Waals surface area contributed by atoms with E-state index in [1.54, 1.807) is 32.9 Å². The van der Waals surface area contributed by atoms with E-state index in [0.29, 0.717) is 6.61 Å². The Bertz CT molecular complexity index is 924. The Hall–Kier alpha value is -2.74. The van der Waals surface area contributed by atoms with Gasteiger partial charge in [0.1, 0.15) is 16.4 Å². The lowest BCUT2D eigenvalue weighted by molar-refractivity contribution is 0.0526. The lowest BCUT2D eigenvalue weighted by Gasteiger charge is -2.16. The number of anilines is 1. The van der Waals surface area contributed by atoms with Crippen LogP contribution < -0.4 is 14.2 Å². The number of carbonyl (C=O) groups excluding carboxylic acids is 1. The summed E-state index contributed by atoms with van der Waals surface area (Å²) in [5.41, 5.74) is 1.27. The highest BCUT2D eigenvalue weighted by Gasteiger charge is 2.22. The molecule has 0 radical (unpaired) electrons. The number of hydrogen-bond donors (Lipinski definition) is 1. The minimum absolute atomic E-state index is 0.0157. The molecule has 0 amide bonds. The Morgan fingerprint density at radius 3 is 2.41 bits per heavy atom. The molecule has 0 aromatic heterocycles. The third-order valence-corrected chi connectivity index (χ3v) is 5.03. The first-order valence-corrected chi connectivity index (χ1v) is 9.92. The molecule has 0 bridgehead atoms. The molecule has 8 heteroatoms. The summed E-state index contributed by atoms with van der Waals surface area (Å²) in [5.74, 6) is -0.0411. The molecule has 7 nitrogen and oxygen atoms in total. The zero-order valence-electron chi connectivity index (χ0n) is 15.7. The topological polar surface area (TPSA) is 90.9 Å². The van der Waals surface area contributed by atoms with Crippen LogP contribution in [0.5, 0.6) is 11.5 Å². The second-order valence-corrected chi connectivity index (χ2v) is 7.28. The quantitative estimate of drug-likeness (QED) is 0.692. The van der Waals surface area contributed by atoms with Crippen molar-refractivity contribution in [1.29, 1.82) is 0 Å². The minimum atomic E-state index is -3.93. The van der Waals surface area contributed by atoms with E-state index in [4.69, 9.17) is 14.2 Å². The van der Waals surface area contributed by atoms with Gasteiger partial charge in [0, 0.05) is 0 Å². The van der Waals surface area contributed by atoms with E-state index in [2.05, 4.69) is 4.72 Å². The van der Waals surface area contributed by atoms with Crippen LogP contribution in [0, 0.1) is 6.92 Å². The molecule has 0 atom stereocenters. The molecule has 0 saturated heterocycles. The third kappa shape index (κ3) is 4.91. The lowest BCUT2D eigenvalue weighted by atomic mass is 10.2. The molecule has 0 fully saturated rings. The van der Waals surface area contributed by atoms with Crippen LogP contribution in [0.25, 0.3) is 0 Å². The van der Waals surface area contributed by atoms with Crippen LogP contribution in [0.4, 0.5) is 5.69 Å². The minimum Gasteiger partial charge on any atom is -0.495 e. The second kappa shape index (κ2) is 8.77. The van der Waals surface area contributed by atoms with Crippen LogP contribution in [0.2, 0.25) is 0 Å². The number of esters is 1. The number of rotatable bonds is 8. The average molecular weight is 393 g/mol. The van der Waals surface area contributed by atoms with Gasteiger partial charge in [0.25, 0.3) is 10.0 Å². The van der Waals surface area contributed by atoms with E-state index in [9.17, 15) is 13.2 Å². The van der Waals surface area contributed by atoms with Gasteiger partial charge in [0.05, 0.1) is 31.6 Å². The zero-order chi connectivity index (χ0) is 20.0. The standard InChI is InChI=1S/C19H23NO6S/c1-5-25-17-12-14(19(21)26-6-2)8-9-15(17)20-27(22,23)18-11-13(3)7-10-16(18)24-4/h7-12,20H,5-6H2,1-4H3. The van der Waals surface area contributed by atoms with Gasteiger partial charge >= 0.3 is 5.97 Å². The molecular weight excluding hydrogens is 370 g/mol. The maximum atomic E-state index is 12.9. The maximum absolute atomic E-state index is 12.9. The highest BCUT2D eigenvalue weighted by molar-refractivity contribution is 7.92. The monoisotopic (exact) mass is 393 g/mol. The van der Waals surface area contributed by atoms with Gasteiger partial charge in [0.15, 0.2) is 0 Å². The summed E-state index contributed by atoms with van der Waals surface area (Å²) in [6.07, 6.45) is 0. The smallest absolute Gasteiger partial charge is 0.338 e. The summed E-state index contributed by atoms with van der Waals surface area (Å²) in [6, 6.07) is 9.28. The molecule has 0 saturated carbocycles. The predicted molar refractivity (Wildman–Crippen MR) is 102 cm³/mol. The van der Waals surface area contributed by atoms with E-state index >= 15 is 0 Å². The van der Waals surface area contributed by atoms with Gasteiger partial charge in [-0.1, -0.05) is 6.07 Å². The second-order valence-electron chi connectivity index (χ2n) is 5.62. The number of ether oxygens (including phenoxy) is 3. The van der Waals surface area contributed by atoms with E-state index in [0.717, 1.165) is 5.56 Å². The van der Waals surface area contributed by atoms with Gasteiger partial charge in [-0.25, -0.2) is 13.2 Å². The van der Waals surface area contributed by atoms with Gasteiger partial charge in [-0.2, -0.15) is 0 Å². The number of aryl methyl sites for hydroxylation is 1. The fourth-order valence-corrected chi connectivity index (χ4v) is 3.74. The Balaban J connectivity index is 2.43. The molecule has 2 aromatic carbocycles. The fourth-order valence-electron chi connectivity index (χ4n) is 2.42. The summed E-state index contributed by atoms with van der Waals surface area (Å²) in [5, 5.41) is 0. The number of nitrogens with one attached hydrogen (secondary N) is 1. The van der Waals surface area contributed by atoms with Crippen LogP contribution >= 0.6 is 0 Å². The maximum Gasteiger partial charge on any atom is 0.338 e. The number of carbonyl (C=O) groups is 1. The van der Waals surface area contributed by atoms with E-state index in [-0.39, 0.29) is 34.3 Å². The normalized spacial score (nSPS) is 11.0. The number of methoxy groups -OCH3 is 1. The Labute approximate surface area is 159 Å². The van der Waals surface area contributed by atoms with Gasteiger partial charge in [-0.3, -0.25) is 4.72 Å². The van der Waals surface area contributed by atoms with Crippen molar-refractivity contribution in [2.24, 2.45) is 0 Å². The summed E-state index contributed by atoms with van der Waals surface area (Å²) in [6.45, 7) is 5.80. The van der Waals surface area contributed by atoms with Crippen molar-refractivity contribution in [3.05, 3.63) is 47.5 Å². The molecule has 0 aliphatic rings.